The van der Waals surface area contributed by atoms with Crippen LogP contribution in [-0.2, 0) is 4.74 Å². The Kier molecular flexibility index (Phi) is 5.10. The third-order valence-electron chi connectivity index (χ3n) is 2.81. The van der Waals surface area contributed by atoms with E-state index in [1.54, 1.807) is 55.5 Å². The Morgan fingerprint density at radius 1 is 0.952 bits per heavy atom. The number of hydrogen-bond donors (Lipinski definition) is 0. The van der Waals surface area contributed by atoms with Crippen LogP contribution in [0.3, 0.4) is 0 Å². The van der Waals surface area contributed by atoms with Crippen LogP contribution in [0.25, 0.3) is 0 Å². The minimum absolute atomic E-state index is 0.0731. The van der Waals surface area contributed by atoms with E-state index in [2.05, 4.69) is 0 Å². The summed E-state index contributed by atoms with van der Waals surface area (Å²) in [5.74, 6) is -0.0562. The van der Waals surface area contributed by atoms with Crippen molar-refractivity contribution in [3.8, 4) is 5.75 Å². The van der Waals surface area contributed by atoms with Crippen molar-refractivity contribution in [1.82, 2.24) is 0 Å². The van der Waals surface area contributed by atoms with Crippen molar-refractivity contribution in [2.75, 3.05) is 13.2 Å². The molecule has 0 radical (unpaired) electrons. The number of carbonyl (C=O) groups excluding carboxylic acids is 2. The third-order valence-corrected chi connectivity index (χ3v) is 2.81. The molecule has 0 saturated carbocycles. The van der Waals surface area contributed by atoms with Crippen molar-refractivity contribution in [1.29, 1.82) is 0 Å². The smallest absolute Gasteiger partial charge is 0.338 e. The number of rotatable bonds is 6. The van der Waals surface area contributed by atoms with Crippen LogP contribution in [-0.4, -0.2) is 25.0 Å². The molecule has 108 valence electrons. The van der Waals surface area contributed by atoms with E-state index >= 15 is 0 Å². The fourth-order valence-electron chi connectivity index (χ4n) is 1.78. The number of ketones is 1. The first-order valence-corrected chi connectivity index (χ1v) is 6.69. The molecule has 0 aliphatic carbocycles. The Morgan fingerprint density at radius 2 is 1.67 bits per heavy atom. The van der Waals surface area contributed by atoms with Crippen LogP contribution in [0.1, 0.15) is 27.6 Å². The summed E-state index contributed by atoms with van der Waals surface area (Å²) in [6, 6.07) is 15.5. The zero-order valence-corrected chi connectivity index (χ0v) is 11.7. The summed E-state index contributed by atoms with van der Waals surface area (Å²) in [6.07, 6.45) is 0. The fourth-order valence-corrected chi connectivity index (χ4v) is 1.78. The molecule has 0 amide bonds. The first kappa shape index (κ1) is 14.8. The SMILES string of the molecule is CCOC(=O)c1cccc(OCC(=O)c2ccccc2)c1. The molecule has 4 heteroatoms. The van der Waals surface area contributed by atoms with Crippen molar-refractivity contribution in [3.05, 3.63) is 65.7 Å². The summed E-state index contributed by atoms with van der Waals surface area (Å²) in [7, 11) is 0. The van der Waals surface area contributed by atoms with Crippen LogP contribution in [0.5, 0.6) is 5.75 Å². The fraction of sp³-hybridized carbons (Fsp3) is 0.176. The van der Waals surface area contributed by atoms with Crippen molar-refractivity contribution in [2.24, 2.45) is 0 Å². The van der Waals surface area contributed by atoms with Crippen molar-refractivity contribution in [2.45, 2.75) is 6.92 Å². The van der Waals surface area contributed by atoms with Gasteiger partial charge in [-0.3, -0.25) is 4.79 Å². The molecule has 2 rings (SSSR count). The van der Waals surface area contributed by atoms with Crippen LogP contribution in [0, 0.1) is 0 Å². The third kappa shape index (κ3) is 4.18. The molecule has 0 atom stereocenters. The highest BCUT2D eigenvalue weighted by Crippen LogP contribution is 2.14. The first-order valence-electron chi connectivity index (χ1n) is 6.69. The number of benzene rings is 2. The molecule has 0 saturated heterocycles. The predicted molar refractivity (Wildman–Crippen MR) is 78.7 cm³/mol. The molecule has 0 N–H and O–H groups in total. The maximum absolute atomic E-state index is 11.9. The molecule has 0 heterocycles. The summed E-state index contributed by atoms with van der Waals surface area (Å²) >= 11 is 0. The number of esters is 1. The zero-order valence-electron chi connectivity index (χ0n) is 11.7. The lowest BCUT2D eigenvalue weighted by Gasteiger charge is -2.07. The molecule has 0 unspecified atom stereocenters. The number of carbonyl (C=O) groups is 2. The van der Waals surface area contributed by atoms with Gasteiger partial charge in [0.2, 0.25) is 0 Å². The molecule has 0 aliphatic rings. The molecule has 0 aliphatic heterocycles. The lowest BCUT2D eigenvalue weighted by Crippen LogP contribution is -2.12. The minimum atomic E-state index is -0.405. The number of ether oxygens (including phenoxy) is 2. The van der Waals surface area contributed by atoms with Crippen LogP contribution >= 0.6 is 0 Å². The topological polar surface area (TPSA) is 52.6 Å². The molecule has 0 fully saturated rings. The summed E-state index contributed by atoms with van der Waals surface area (Å²) in [5, 5.41) is 0. The highest BCUT2D eigenvalue weighted by Gasteiger charge is 2.09. The van der Waals surface area contributed by atoms with E-state index in [0.29, 0.717) is 23.5 Å². The van der Waals surface area contributed by atoms with Crippen molar-refractivity contribution >= 4 is 11.8 Å². The molecular weight excluding hydrogens is 268 g/mol. The van der Waals surface area contributed by atoms with Crippen LogP contribution in [0.15, 0.2) is 54.6 Å². The van der Waals surface area contributed by atoms with Gasteiger partial charge in [0.25, 0.3) is 0 Å². The molecule has 0 spiro atoms. The van der Waals surface area contributed by atoms with Crippen molar-refractivity contribution in [3.63, 3.8) is 0 Å². The molecule has 4 nitrogen and oxygen atoms in total. The first-order chi connectivity index (χ1) is 10.2. The van der Waals surface area contributed by atoms with Gasteiger partial charge in [-0.25, -0.2) is 4.79 Å². The molecule has 2 aromatic rings. The van der Waals surface area contributed by atoms with Crippen LogP contribution < -0.4 is 4.74 Å². The van der Waals surface area contributed by atoms with Crippen LogP contribution in [0.2, 0.25) is 0 Å². The maximum atomic E-state index is 11.9. The lowest BCUT2D eigenvalue weighted by atomic mass is 10.1. The average molecular weight is 284 g/mol. The van der Waals surface area contributed by atoms with E-state index in [-0.39, 0.29) is 12.4 Å². The largest absolute Gasteiger partial charge is 0.485 e. The quantitative estimate of drug-likeness (QED) is 0.604. The second-order valence-electron chi connectivity index (χ2n) is 4.33. The Balaban J connectivity index is 1.99. The van der Waals surface area contributed by atoms with Gasteiger partial charge in [0, 0.05) is 5.56 Å². The summed E-state index contributed by atoms with van der Waals surface area (Å²) in [6.45, 7) is 1.99. The molecule has 0 bridgehead atoms. The Hall–Kier alpha value is -2.62. The van der Waals surface area contributed by atoms with Gasteiger partial charge in [0.15, 0.2) is 12.4 Å². The van der Waals surface area contributed by atoms with Gasteiger partial charge >= 0.3 is 5.97 Å². The predicted octanol–water partition coefficient (Wildman–Crippen LogP) is 3.13. The summed E-state index contributed by atoms with van der Waals surface area (Å²) < 4.78 is 10.4. The van der Waals surface area contributed by atoms with Gasteiger partial charge < -0.3 is 9.47 Å². The van der Waals surface area contributed by atoms with E-state index in [1.807, 2.05) is 6.07 Å². The highest BCUT2D eigenvalue weighted by atomic mass is 16.5. The highest BCUT2D eigenvalue weighted by molar-refractivity contribution is 5.97. The second-order valence-corrected chi connectivity index (χ2v) is 4.33. The Bertz CT molecular complexity index is 620. The van der Waals surface area contributed by atoms with Gasteiger partial charge in [0.05, 0.1) is 12.2 Å². The van der Waals surface area contributed by atoms with E-state index in [1.165, 1.54) is 0 Å². The maximum Gasteiger partial charge on any atom is 0.338 e. The standard InChI is InChI=1S/C17H16O4/c1-2-20-17(19)14-9-6-10-15(11-14)21-12-16(18)13-7-4-3-5-8-13/h3-11H,2,12H2,1H3. The van der Waals surface area contributed by atoms with Gasteiger partial charge in [-0.2, -0.15) is 0 Å². The van der Waals surface area contributed by atoms with E-state index < -0.39 is 5.97 Å². The van der Waals surface area contributed by atoms with Gasteiger partial charge in [0.1, 0.15) is 5.75 Å². The van der Waals surface area contributed by atoms with Gasteiger partial charge in [-0.15, -0.1) is 0 Å². The molecule has 0 aromatic heterocycles. The average Bonchev–Trinajstić information content (AvgIpc) is 2.54. The van der Waals surface area contributed by atoms with E-state index in [0.717, 1.165) is 0 Å². The lowest BCUT2D eigenvalue weighted by molar-refractivity contribution is 0.0526. The number of Topliss-reactive ketones (excluding diaryl/α,β-unsaturated/α-hetero) is 1. The van der Waals surface area contributed by atoms with Crippen LogP contribution in [0.4, 0.5) is 0 Å². The van der Waals surface area contributed by atoms with E-state index in [9.17, 15) is 9.59 Å². The molecule has 2 aromatic carbocycles. The van der Waals surface area contributed by atoms with Crippen molar-refractivity contribution < 1.29 is 19.1 Å². The monoisotopic (exact) mass is 284 g/mol. The minimum Gasteiger partial charge on any atom is -0.485 e. The molecular formula is C17H16O4. The van der Waals surface area contributed by atoms with Gasteiger partial charge in [-0.1, -0.05) is 36.4 Å². The number of hydrogen-bond acceptors (Lipinski definition) is 4. The Morgan fingerprint density at radius 3 is 2.38 bits per heavy atom. The summed E-state index contributed by atoms with van der Waals surface area (Å²) in [5.41, 5.74) is 1.00. The van der Waals surface area contributed by atoms with E-state index in [4.69, 9.17) is 9.47 Å². The normalized spacial score (nSPS) is 9.95. The second kappa shape index (κ2) is 7.24. The Labute approximate surface area is 123 Å². The van der Waals surface area contributed by atoms with Gasteiger partial charge in [-0.05, 0) is 25.1 Å². The zero-order chi connectivity index (χ0) is 15.1. The summed E-state index contributed by atoms with van der Waals surface area (Å²) in [4.78, 5) is 23.5. The molecule has 21 heavy (non-hydrogen) atoms.